The number of aromatic nitrogens is 2. The Morgan fingerprint density at radius 1 is 0.971 bits per heavy atom. The zero-order valence-electron chi connectivity index (χ0n) is 18.7. The number of benzene rings is 2. The van der Waals surface area contributed by atoms with E-state index in [1.165, 1.54) is 16.9 Å². The molecule has 0 atom stereocenters. The lowest BCUT2D eigenvalue weighted by molar-refractivity contribution is -0.115. The predicted octanol–water partition coefficient (Wildman–Crippen LogP) is 6.29. The molecule has 0 aliphatic rings. The third kappa shape index (κ3) is 5.91. The van der Waals surface area contributed by atoms with Crippen LogP contribution in [0.15, 0.2) is 65.4 Å². The van der Waals surface area contributed by atoms with E-state index in [1.807, 2.05) is 47.8 Å². The molecule has 5 aromatic rings. The number of aryl methyl sites for hydroxylation is 1. The highest BCUT2D eigenvalue weighted by Gasteiger charge is 2.11. The van der Waals surface area contributed by atoms with Gasteiger partial charge in [0.1, 0.15) is 5.01 Å². The molecule has 7 nitrogen and oxygen atoms in total. The lowest BCUT2D eigenvalue weighted by atomic mass is 10.2. The Balaban J connectivity index is 1.14. The fraction of sp³-hybridized carbons (Fsp3) is 0.120. The van der Waals surface area contributed by atoms with Crippen LogP contribution in [0.4, 0.5) is 15.6 Å². The quantitative estimate of drug-likeness (QED) is 0.235. The van der Waals surface area contributed by atoms with Gasteiger partial charge in [-0.3, -0.25) is 10.1 Å². The topological polar surface area (TPSA) is 96.0 Å². The molecule has 0 unspecified atom stereocenters. The molecule has 176 valence electrons. The molecule has 35 heavy (non-hydrogen) atoms. The lowest BCUT2D eigenvalue weighted by Gasteiger charge is -2.05. The van der Waals surface area contributed by atoms with E-state index in [9.17, 15) is 9.59 Å². The molecule has 0 aliphatic carbocycles. The van der Waals surface area contributed by atoms with Crippen molar-refractivity contribution in [1.82, 2.24) is 15.3 Å². The SMILES string of the molecule is Cc1ccc2nc(-c3ccc(NC(=O)Cc4csc(NC(=O)NCc5cccs5)n4)cc3)sc2c1. The molecule has 0 saturated heterocycles. The summed E-state index contributed by atoms with van der Waals surface area (Å²) < 4.78 is 1.16. The number of thiophene rings is 1. The first kappa shape index (κ1) is 23.2. The van der Waals surface area contributed by atoms with Gasteiger partial charge >= 0.3 is 6.03 Å². The number of thiazole rings is 2. The van der Waals surface area contributed by atoms with Crippen LogP contribution in [0, 0.1) is 6.92 Å². The minimum atomic E-state index is -0.327. The van der Waals surface area contributed by atoms with Crippen LogP contribution in [-0.2, 0) is 17.8 Å². The van der Waals surface area contributed by atoms with Gasteiger partial charge in [-0.05, 0) is 60.3 Å². The van der Waals surface area contributed by atoms with Crippen LogP contribution >= 0.6 is 34.0 Å². The first-order valence-corrected chi connectivity index (χ1v) is 13.4. The average Bonchev–Trinajstić information content (AvgIpc) is 3.59. The number of rotatable bonds is 7. The summed E-state index contributed by atoms with van der Waals surface area (Å²) in [5.74, 6) is -0.174. The van der Waals surface area contributed by atoms with Gasteiger partial charge in [-0.25, -0.2) is 14.8 Å². The molecule has 2 aromatic carbocycles. The summed E-state index contributed by atoms with van der Waals surface area (Å²) >= 11 is 4.52. The Labute approximate surface area is 213 Å². The third-order valence-corrected chi connectivity index (χ3v) is 7.83. The summed E-state index contributed by atoms with van der Waals surface area (Å²) in [5.41, 5.74) is 4.52. The summed E-state index contributed by atoms with van der Waals surface area (Å²) in [6.07, 6.45) is 0.119. The van der Waals surface area contributed by atoms with E-state index in [4.69, 9.17) is 4.98 Å². The van der Waals surface area contributed by atoms with E-state index >= 15 is 0 Å². The van der Waals surface area contributed by atoms with Gasteiger partial charge < -0.3 is 10.6 Å². The third-order valence-electron chi connectivity index (χ3n) is 5.08. The van der Waals surface area contributed by atoms with Gasteiger partial charge in [-0.15, -0.1) is 34.0 Å². The number of nitrogens with zero attached hydrogens (tertiary/aromatic N) is 2. The van der Waals surface area contributed by atoms with Crippen molar-refractivity contribution in [1.29, 1.82) is 0 Å². The number of anilines is 2. The van der Waals surface area contributed by atoms with E-state index in [-0.39, 0.29) is 18.4 Å². The van der Waals surface area contributed by atoms with Crippen LogP contribution in [0.1, 0.15) is 16.1 Å². The number of carbonyl (C=O) groups excluding carboxylic acids is 2. The monoisotopic (exact) mass is 519 g/mol. The number of urea groups is 1. The molecule has 3 amide bonds. The van der Waals surface area contributed by atoms with Crippen LogP contribution < -0.4 is 16.0 Å². The number of carbonyl (C=O) groups is 2. The first-order chi connectivity index (χ1) is 17.0. The first-order valence-electron chi connectivity index (χ1n) is 10.8. The van der Waals surface area contributed by atoms with E-state index in [0.717, 1.165) is 25.7 Å². The molecular weight excluding hydrogens is 499 g/mol. The Bertz CT molecular complexity index is 1470. The van der Waals surface area contributed by atoms with Crippen LogP contribution in [0.25, 0.3) is 20.8 Å². The number of hydrogen-bond acceptors (Lipinski definition) is 7. The van der Waals surface area contributed by atoms with E-state index in [1.54, 1.807) is 28.1 Å². The van der Waals surface area contributed by atoms with Crippen molar-refractivity contribution in [3.63, 3.8) is 0 Å². The molecule has 3 heterocycles. The molecule has 0 aliphatic heterocycles. The van der Waals surface area contributed by atoms with Gasteiger partial charge in [0, 0.05) is 21.5 Å². The van der Waals surface area contributed by atoms with Gasteiger partial charge in [0.2, 0.25) is 5.91 Å². The van der Waals surface area contributed by atoms with Gasteiger partial charge in [-0.1, -0.05) is 12.1 Å². The predicted molar refractivity (Wildman–Crippen MR) is 144 cm³/mol. The normalized spacial score (nSPS) is 10.9. The Kier molecular flexibility index (Phi) is 6.84. The summed E-state index contributed by atoms with van der Waals surface area (Å²) in [5, 5.41) is 13.5. The van der Waals surface area contributed by atoms with Gasteiger partial charge in [-0.2, -0.15) is 0 Å². The fourth-order valence-electron chi connectivity index (χ4n) is 3.39. The van der Waals surface area contributed by atoms with Crippen LogP contribution in [-0.4, -0.2) is 21.9 Å². The van der Waals surface area contributed by atoms with E-state index in [0.29, 0.717) is 23.1 Å². The van der Waals surface area contributed by atoms with Gasteiger partial charge in [0.15, 0.2) is 5.13 Å². The van der Waals surface area contributed by atoms with Crippen molar-refractivity contribution in [3.05, 3.63) is 81.5 Å². The molecule has 0 fully saturated rings. The zero-order valence-corrected chi connectivity index (χ0v) is 21.2. The zero-order chi connectivity index (χ0) is 24.2. The molecule has 3 N–H and O–H groups in total. The molecule has 10 heteroatoms. The Morgan fingerprint density at radius 2 is 1.83 bits per heavy atom. The smallest absolute Gasteiger partial charge is 0.321 e. The number of amides is 3. The molecule has 0 radical (unpaired) electrons. The molecule has 0 spiro atoms. The van der Waals surface area contributed by atoms with Crippen molar-refractivity contribution in [3.8, 4) is 10.6 Å². The highest BCUT2D eigenvalue weighted by Crippen LogP contribution is 2.31. The van der Waals surface area contributed by atoms with E-state index in [2.05, 4.69) is 40.0 Å². The maximum absolute atomic E-state index is 12.5. The van der Waals surface area contributed by atoms with Crippen molar-refractivity contribution < 1.29 is 9.59 Å². The lowest BCUT2D eigenvalue weighted by Crippen LogP contribution is -2.27. The van der Waals surface area contributed by atoms with E-state index < -0.39 is 0 Å². The summed E-state index contributed by atoms with van der Waals surface area (Å²) in [4.78, 5) is 34.7. The summed E-state index contributed by atoms with van der Waals surface area (Å²) in [6, 6.07) is 17.5. The second-order valence-corrected chi connectivity index (χ2v) is 10.7. The molecule has 0 bridgehead atoms. The van der Waals surface area contributed by atoms with Crippen LogP contribution in [0.3, 0.4) is 0 Å². The Morgan fingerprint density at radius 3 is 2.63 bits per heavy atom. The number of fused-ring (bicyclic) bond motifs is 1. The standard InChI is InChI=1S/C25H21N5O2S3/c1-15-4-9-20-21(11-15)35-23(29-20)16-5-7-17(8-6-16)27-22(31)12-18-14-34-25(28-18)30-24(32)26-13-19-3-2-10-33-19/h2-11,14H,12-13H2,1H3,(H,27,31)(H2,26,28,30,32). The molecule has 3 aromatic heterocycles. The van der Waals surface area contributed by atoms with Crippen molar-refractivity contribution >= 4 is 67.0 Å². The second kappa shape index (κ2) is 10.3. The average molecular weight is 520 g/mol. The summed E-state index contributed by atoms with van der Waals surface area (Å²) in [6.45, 7) is 2.53. The highest BCUT2D eigenvalue weighted by molar-refractivity contribution is 7.21. The minimum Gasteiger partial charge on any atom is -0.333 e. The van der Waals surface area contributed by atoms with Crippen molar-refractivity contribution in [2.24, 2.45) is 0 Å². The Hall–Kier alpha value is -3.60. The van der Waals surface area contributed by atoms with Gasteiger partial charge in [0.05, 0.1) is 28.9 Å². The maximum Gasteiger partial charge on any atom is 0.321 e. The second-order valence-electron chi connectivity index (χ2n) is 7.82. The number of nitrogens with one attached hydrogen (secondary N) is 3. The van der Waals surface area contributed by atoms with Crippen LogP contribution in [0.2, 0.25) is 0 Å². The molecule has 5 rings (SSSR count). The summed E-state index contributed by atoms with van der Waals surface area (Å²) in [7, 11) is 0. The maximum atomic E-state index is 12.5. The largest absolute Gasteiger partial charge is 0.333 e. The number of hydrogen-bond donors (Lipinski definition) is 3. The van der Waals surface area contributed by atoms with Crippen molar-refractivity contribution in [2.75, 3.05) is 10.6 Å². The van der Waals surface area contributed by atoms with Crippen molar-refractivity contribution in [2.45, 2.75) is 19.9 Å². The minimum absolute atomic E-state index is 0.119. The molecule has 0 saturated carbocycles. The van der Waals surface area contributed by atoms with Crippen LogP contribution in [0.5, 0.6) is 0 Å². The molecular formula is C25H21N5O2S3. The fourth-order valence-corrected chi connectivity index (χ4v) is 5.81. The van der Waals surface area contributed by atoms with Gasteiger partial charge in [0.25, 0.3) is 0 Å². The highest BCUT2D eigenvalue weighted by atomic mass is 32.1.